The second-order valence-corrected chi connectivity index (χ2v) is 5.14. The number of hydrogen-bond donors (Lipinski definition) is 0. The van der Waals surface area contributed by atoms with Gasteiger partial charge in [-0.3, -0.25) is 0 Å². The molecule has 0 saturated heterocycles. The first-order chi connectivity index (χ1) is 8.65. The highest BCUT2D eigenvalue weighted by molar-refractivity contribution is 7.11. The molecule has 4 heteroatoms. The summed E-state index contributed by atoms with van der Waals surface area (Å²) >= 11 is 1.49. The van der Waals surface area contributed by atoms with E-state index >= 15 is 0 Å². The maximum Gasteiger partial charge on any atom is 0.273 e. The van der Waals surface area contributed by atoms with Crippen molar-refractivity contribution in [3.63, 3.8) is 0 Å². The van der Waals surface area contributed by atoms with Crippen LogP contribution < -0.4 is 9.47 Å². The summed E-state index contributed by atoms with van der Waals surface area (Å²) in [5.41, 5.74) is 3.19. The lowest BCUT2D eigenvalue weighted by Gasteiger charge is -2.11. The number of methoxy groups -OCH3 is 2. The summed E-state index contributed by atoms with van der Waals surface area (Å²) in [7, 11) is 3.31. The third-order valence-electron chi connectivity index (χ3n) is 2.82. The molecule has 1 aromatic carbocycles. The van der Waals surface area contributed by atoms with Gasteiger partial charge in [0.2, 0.25) is 0 Å². The van der Waals surface area contributed by atoms with Crippen LogP contribution in [0.4, 0.5) is 0 Å². The monoisotopic (exact) mass is 263 g/mol. The van der Waals surface area contributed by atoms with E-state index in [0.717, 1.165) is 17.0 Å². The minimum Gasteiger partial charge on any atom is -0.496 e. The first-order valence-corrected chi connectivity index (χ1v) is 6.71. The van der Waals surface area contributed by atoms with Crippen LogP contribution in [0.15, 0.2) is 23.6 Å². The molecule has 0 aliphatic heterocycles. The molecule has 96 valence electrons. The van der Waals surface area contributed by atoms with Crippen molar-refractivity contribution < 1.29 is 9.47 Å². The Labute approximate surface area is 111 Å². The summed E-state index contributed by atoms with van der Waals surface area (Å²) in [6.45, 7) is 4.35. The van der Waals surface area contributed by atoms with E-state index in [1.165, 1.54) is 16.9 Å². The molecule has 0 radical (unpaired) electrons. The molecule has 0 aliphatic rings. The van der Waals surface area contributed by atoms with Crippen molar-refractivity contribution in [1.82, 2.24) is 4.98 Å². The molecular weight excluding hydrogens is 246 g/mol. The fourth-order valence-corrected chi connectivity index (χ4v) is 2.40. The minimum absolute atomic E-state index is 0.482. The Kier molecular flexibility index (Phi) is 3.87. The molecule has 0 unspecified atom stereocenters. The van der Waals surface area contributed by atoms with Gasteiger partial charge >= 0.3 is 0 Å². The van der Waals surface area contributed by atoms with Gasteiger partial charge in [-0.1, -0.05) is 31.3 Å². The van der Waals surface area contributed by atoms with Crippen LogP contribution in [0.3, 0.4) is 0 Å². The highest BCUT2D eigenvalue weighted by atomic mass is 32.1. The van der Waals surface area contributed by atoms with Gasteiger partial charge in [0, 0.05) is 10.9 Å². The van der Waals surface area contributed by atoms with E-state index in [0.29, 0.717) is 11.1 Å². The van der Waals surface area contributed by atoms with Crippen LogP contribution in [-0.4, -0.2) is 19.2 Å². The van der Waals surface area contributed by atoms with E-state index in [2.05, 4.69) is 31.0 Å². The van der Waals surface area contributed by atoms with Crippen LogP contribution in [0.25, 0.3) is 11.3 Å². The lowest BCUT2D eigenvalue weighted by atomic mass is 9.99. The Balaban J connectivity index is 2.49. The number of rotatable bonds is 4. The van der Waals surface area contributed by atoms with Crippen molar-refractivity contribution >= 4 is 11.3 Å². The van der Waals surface area contributed by atoms with Gasteiger partial charge < -0.3 is 9.47 Å². The van der Waals surface area contributed by atoms with Gasteiger partial charge in [-0.2, -0.15) is 0 Å². The van der Waals surface area contributed by atoms with Gasteiger partial charge in [-0.15, -0.1) is 0 Å². The smallest absolute Gasteiger partial charge is 0.273 e. The number of aromatic nitrogens is 1. The van der Waals surface area contributed by atoms with Gasteiger partial charge in [0.25, 0.3) is 5.19 Å². The van der Waals surface area contributed by atoms with Crippen molar-refractivity contribution in [2.24, 2.45) is 0 Å². The second kappa shape index (κ2) is 5.40. The Bertz CT molecular complexity index is 534. The molecule has 0 N–H and O–H groups in total. The molecule has 18 heavy (non-hydrogen) atoms. The second-order valence-electron chi connectivity index (χ2n) is 4.32. The number of ether oxygens (including phenoxy) is 2. The minimum atomic E-state index is 0.482. The van der Waals surface area contributed by atoms with E-state index in [9.17, 15) is 0 Å². The molecule has 3 nitrogen and oxygen atoms in total. The standard InChI is InChI=1S/C14H17NO2S/c1-9(2)10-5-6-13(16-3)11(7-10)12-8-18-14(15-12)17-4/h5-9H,1-4H3. The summed E-state index contributed by atoms with van der Waals surface area (Å²) in [5.74, 6) is 1.32. The summed E-state index contributed by atoms with van der Waals surface area (Å²) in [6.07, 6.45) is 0. The van der Waals surface area contributed by atoms with Gasteiger partial charge in [0.05, 0.1) is 19.9 Å². The molecule has 0 aliphatic carbocycles. The zero-order valence-corrected chi connectivity index (χ0v) is 11.9. The molecule has 2 rings (SSSR count). The van der Waals surface area contributed by atoms with E-state index < -0.39 is 0 Å². The maximum absolute atomic E-state index is 5.40. The van der Waals surface area contributed by atoms with Crippen LogP contribution in [0.2, 0.25) is 0 Å². The van der Waals surface area contributed by atoms with Crippen LogP contribution >= 0.6 is 11.3 Å². The molecule has 2 aromatic rings. The Hall–Kier alpha value is -1.55. The number of hydrogen-bond acceptors (Lipinski definition) is 4. The molecular formula is C14H17NO2S. The summed E-state index contributed by atoms with van der Waals surface area (Å²) < 4.78 is 10.5. The van der Waals surface area contributed by atoms with Crippen LogP contribution in [0, 0.1) is 0 Å². The normalized spacial score (nSPS) is 10.7. The average Bonchev–Trinajstić information content (AvgIpc) is 2.86. The van der Waals surface area contributed by atoms with Gasteiger partial charge in [0.1, 0.15) is 5.75 Å². The third-order valence-corrected chi connectivity index (χ3v) is 3.62. The van der Waals surface area contributed by atoms with Crippen LogP contribution in [-0.2, 0) is 0 Å². The van der Waals surface area contributed by atoms with E-state index in [-0.39, 0.29) is 0 Å². The predicted octanol–water partition coefficient (Wildman–Crippen LogP) is 3.95. The topological polar surface area (TPSA) is 31.4 Å². The number of nitrogens with zero attached hydrogens (tertiary/aromatic N) is 1. The molecule has 0 bridgehead atoms. The van der Waals surface area contributed by atoms with Crippen LogP contribution in [0.5, 0.6) is 10.9 Å². The third kappa shape index (κ3) is 2.48. The summed E-state index contributed by atoms with van der Waals surface area (Å²) in [6, 6.07) is 6.23. The van der Waals surface area contributed by atoms with E-state index in [1.54, 1.807) is 14.2 Å². The highest BCUT2D eigenvalue weighted by Gasteiger charge is 2.12. The Morgan fingerprint density at radius 3 is 2.50 bits per heavy atom. The average molecular weight is 263 g/mol. The van der Waals surface area contributed by atoms with Crippen molar-refractivity contribution in [3.8, 4) is 22.2 Å². The summed E-state index contributed by atoms with van der Waals surface area (Å²) in [5, 5.41) is 2.66. The molecule has 0 saturated carbocycles. The number of benzene rings is 1. The van der Waals surface area contributed by atoms with Crippen LogP contribution in [0.1, 0.15) is 25.3 Å². The predicted molar refractivity (Wildman–Crippen MR) is 74.7 cm³/mol. The first kappa shape index (κ1) is 12.9. The van der Waals surface area contributed by atoms with Gasteiger partial charge in [-0.25, -0.2) is 4.98 Å². The highest BCUT2D eigenvalue weighted by Crippen LogP contribution is 2.35. The SMILES string of the molecule is COc1nc(-c2cc(C(C)C)ccc2OC)cs1. The maximum atomic E-state index is 5.40. The Morgan fingerprint density at radius 2 is 1.94 bits per heavy atom. The van der Waals surface area contributed by atoms with Crippen molar-refractivity contribution in [2.45, 2.75) is 19.8 Å². The lowest BCUT2D eigenvalue weighted by molar-refractivity contribution is 0.411. The quantitative estimate of drug-likeness (QED) is 0.837. The van der Waals surface area contributed by atoms with E-state index in [1.807, 2.05) is 11.4 Å². The zero-order valence-electron chi connectivity index (χ0n) is 11.1. The fourth-order valence-electron chi connectivity index (χ4n) is 1.76. The largest absolute Gasteiger partial charge is 0.496 e. The van der Waals surface area contributed by atoms with Gasteiger partial charge in [-0.05, 0) is 23.6 Å². The first-order valence-electron chi connectivity index (χ1n) is 5.83. The molecule has 1 heterocycles. The van der Waals surface area contributed by atoms with Crippen molar-refractivity contribution in [3.05, 3.63) is 29.1 Å². The zero-order chi connectivity index (χ0) is 13.1. The van der Waals surface area contributed by atoms with E-state index in [4.69, 9.17) is 9.47 Å². The molecule has 0 amide bonds. The molecule has 0 fully saturated rings. The van der Waals surface area contributed by atoms with Gasteiger partial charge in [0.15, 0.2) is 0 Å². The molecule has 0 spiro atoms. The fraction of sp³-hybridized carbons (Fsp3) is 0.357. The summed E-state index contributed by atoms with van der Waals surface area (Å²) in [4.78, 5) is 4.42. The van der Waals surface area contributed by atoms with Crippen molar-refractivity contribution in [2.75, 3.05) is 14.2 Å². The number of thiazole rings is 1. The molecule has 1 aromatic heterocycles. The Morgan fingerprint density at radius 1 is 1.17 bits per heavy atom. The molecule has 0 atom stereocenters. The lowest BCUT2D eigenvalue weighted by Crippen LogP contribution is -1.93. The van der Waals surface area contributed by atoms with Crippen molar-refractivity contribution in [1.29, 1.82) is 0 Å².